The highest BCUT2D eigenvalue weighted by atomic mass is 32.1. The van der Waals surface area contributed by atoms with Crippen molar-refractivity contribution in [3.05, 3.63) is 45.8 Å². The molecule has 1 N–H and O–H groups in total. The summed E-state index contributed by atoms with van der Waals surface area (Å²) in [6, 6.07) is 6.11. The number of amides is 1. The average Bonchev–Trinajstić information content (AvgIpc) is 3.27. The summed E-state index contributed by atoms with van der Waals surface area (Å²) in [5.41, 5.74) is 1.98. The van der Waals surface area contributed by atoms with Gasteiger partial charge in [-0.05, 0) is 63.0 Å². The summed E-state index contributed by atoms with van der Waals surface area (Å²) < 4.78 is 0. The Morgan fingerprint density at radius 2 is 2.12 bits per heavy atom. The number of aryl methyl sites for hydroxylation is 1. The van der Waals surface area contributed by atoms with Gasteiger partial charge >= 0.3 is 0 Å². The lowest BCUT2D eigenvalue weighted by molar-refractivity contribution is 0.0793. The second-order valence-electron chi connectivity index (χ2n) is 6.73. The van der Waals surface area contributed by atoms with Crippen LogP contribution in [0.4, 0.5) is 5.82 Å². The molecular formula is C19H26N4OS. The molecule has 0 saturated carbocycles. The van der Waals surface area contributed by atoms with Crippen molar-refractivity contribution in [3.63, 3.8) is 0 Å². The van der Waals surface area contributed by atoms with Gasteiger partial charge in [-0.15, -0.1) is 11.3 Å². The van der Waals surface area contributed by atoms with Gasteiger partial charge in [-0.1, -0.05) is 0 Å². The van der Waals surface area contributed by atoms with Crippen molar-refractivity contribution in [2.75, 3.05) is 39.0 Å². The number of hydrogen-bond donors (Lipinski definition) is 1. The highest BCUT2D eigenvalue weighted by Gasteiger charge is 2.23. The van der Waals surface area contributed by atoms with Gasteiger partial charge in [-0.2, -0.15) is 0 Å². The summed E-state index contributed by atoms with van der Waals surface area (Å²) in [6.45, 7) is 4.56. The molecule has 3 heterocycles. The molecule has 5 nitrogen and oxygen atoms in total. The van der Waals surface area contributed by atoms with E-state index in [0.29, 0.717) is 17.9 Å². The number of pyridine rings is 1. The van der Waals surface area contributed by atoms with Gasteiger partial charge in [0, 0.05) is 30.7 Å². The smallest absolute Gasteiger partial charge is 0.257 e. The number of anilines is 1. The number of thiophene rings is 1. The van der Waals surface area contributed by atoms with Gasteiger partial charge in [0.15, 0.2) is 0 Å². The Labute approximate surface area is 153 Å². The van der Waals surface area contributed by atoms with Gasteiger partial charge in [0.05, 0.1) is 11.6 Å². The van der Waals surface area contributed by atoms with Crippen LogP contribution in [0.3, 0.4) is 0 Å². The van der Waals surface area contributed by atoms with Gasteiger partial charge in [0.25, 0.3) is 5.91 Å². The molecule has 6 heteroatoms. The van der Waals surface area contributed by atoms with Crippen LogP contribution in [0.2, 0.25) is 0 Å². The zero-order valence-electron chi connectivity index (χ0n) is 15.2. The fraction of sp³-hybridized carbons (Fsp3) is 0.474. The van der Waals surface area contributed by atoms with Gasteiger partial charge in [0.1, 0.15) is 5.82 Å². The first-order valence-corrected chi connectivity index (χ1v) is 9.64. The molecule has 1 amide bonds. The van der Waals surface area contributed by atoms with Crippen LogP contribution in [0.25, 0.3) is 0 Å². The number of nitrogens with zero attached hydrogens (tertiary/aromatic N) is 3. The minimum atomic E-state index is 0.0850. The Bertz CT molecular complexity index is 722. The van der Waals surface area contributed by atoms with Gasteiger partial charge < -0.3 is 15.1 Å². The quantitative estimate of drug-likeness (QED) is 0.860. The monoisotopic (exact) mass is 358 g/mol. The second-order valence-corrected chi connectivity index (χ2v) is 7.67. The van der Waals surface area contributed by atoms with Crippen LogP contribution in [-0.2, 0) is 0 Å². The number of likely N-dealkylation sites (N-methyl/N-ethyl adjacent to an activating group) is 1. The number of carbonyl (C=O) groups is 1. The zero-order chi connectivity index (χ0) is 17.8. The molecular weight excluding hydrogens is 332 g/mol. The summed E-state index contributed by atoms with van der Waals surface area (Å²) >= 11 is 1.77. The molecule has 0 bridgehead atoms. The number of aromatic nitrogens is 1. The first kappa shape index (κ1) is 17.9. The van der Waals surface area contributed by atoms with Crippen LogP contribution in [0.1, 0.15) is 39.7 Å². The third-order valence-corrected chi connectivity index (χ3v) is 5.84. The lowest BCUT2D eigenvalue weighted by Gasteiger charge is -2.25. The van der Waals surface area contributed by atoms with E-state index in [-0.39, 0.29) is 11.9 Å². The van der Waals surface area contributed by atoms with E-state index in [4.69, 9.17) is 0 Å². The highest BCUT2D eigenvalue weighted by Crippen LogP contribution is 2.28. The third kappa shape index (κ3) is 4.02. The summed E-state index contributed by atoms with van der Waals surface area (Å²) in [5, 5.41) is 5.55. The Morgan fingerprint density at radius 3 is 2.76 bits per heavy atom. The number of nitrogens with one attached hydrogen (secondary N) is 1. The average molecular weight is 359 g/mol. The van der Waals surface area contributed by atoms with E-state index in [2.05, 4.69) is 47.7 Å². The Morgan fingerprint density at radius 1 is 1.36 bits per heavy atom. The minimum absolute atomic E-state index is 0.0850. The number of rotatable bonds is 6. The molecule has 1 atom stereocenters. The van der Waals surface area contributed by atoms with Crippen molar-refractivity contribution in [1.82, 2.24) is 14.8 Å². The molecule has 2 aromatic rings. The lowest BCUT2D eigenvalue weighted by Crippen LogP contribution is -2.30. The van der Waals surface area contributed by atoms with Gasteiger partial charge in [-0.25, -0.2) is 4.98 Å². The van der Waals surface area contributed by atoms with E-state index in [9.17, 15) is 4.79 Å². The van der Waals surface area contributed by atoms with Crippen molar-refractivity contribution in [2.45, 2.75) is 25.8 Å². The molecule has 2 aromatic heterocycles. The van der Waals surface area contributed by atoms with Gasteiger partial charge in [0.2, 0.25) is 0 Å². The topological polar surface area (TPSA) is 48.5 Å². The van der Waals surface area contributed by atoms with Crippen LogP contribution in [0, 0.1) is 6.92 Å². The summed E-state index contributed by atoms with van der Waals surface area (Å²) in [5.74, 6) is 0.766. The van der Waals surface area contributed by atoms with E-state index in [1.165, 1.54) is 10.4 Å². The fourth-order valence-electron chi connectivity index (χ4n) is 3.24. The number of carbonyl (C=O) groups excluding carboxylic acids is 1. The first-order chi connectivity index (χ1) is 12.1. The Kier molecular flexibility index (Phi) is 5.71. The highest BCUT2D eigenvalue weighted by molar-refractivity contribution is 7.10. The SMILES string of the molecule is Cc1ccsc1C(CNc1ncccc1C(=O)N1CCCC1)N(C)C. The predicted molar refractivity (Wildman–Crippen MR) is 103 cm³/mol. The zero-order valence-corrected chi connectivity index (χ0v) is 16.0. The van der Waals surface area contributed by atoms with Gasteiger partial charge in [-0.3, -0.25) is 4.79 Å². The second kappa shape index (κ2) is 7.97. The maximum atomic E-state index is 12.8. The molecule has 1 fully saturated rings. The molecule has 1 saturated heterocycles. The maximum Gasteiger partial charge on any atom is 0.257 e. The van der Waals surface area contributed by atoms with Crippen molar-refractivity contribution < 1.29 is 4.79 Å². The molecule has 0 aromatic carbocycles. The predicted octanol–water partition coefficient (Wildman–Crippen LogP) is 3.40. The van der Waals surface area contributed by atoms with Crippen molar-refractivity contribution in [1.29, 1.82) is 0 Å². The standard InChI is InChI=1S/C19H26N4OS/c1-14-8-12-25-17(14)16(22(2)3)13-21-18-15(7-6-9-20-18)19(24)23-10-4-5-11-23/h6-9,12,16H,4-5,10-11,13H2,1-3H3,(H,20,21). The molecule has 1 unspecified atom stereocenters. The molecule has 0 aliphatic carbocycles. The van der Waals surface area contributed by atoms with E-state index in [0.717, 1.165) is 25.9 Å². The van der Waals surface area contributed by atoms with Crippen molar-refractivity contribution in [2.24, 2.45) is 0 Å². The van der Waals surface area contributed by atoms with Crippen LogP contribution < -0.4 is 5.32 Å². The van der Waals surface area contributed by atoms with Crippen molar-refractivity contribution >= 4 is 23.1 Å². The van der Waals surface area contributed by atoms with E-state index in [1.54, 1.807) is 17.5 Å². The normalized spacial score (nSPS) is 15.6. The molecule has 25 heavy (non-hydrogen) atoms. The molecule has 0 spiro atoms. The molecule has 3 rings (SSSR count). The maximum absolute atomic E-state index is 12.8. The summed E-state index contributed by atoms with van der Waals surface area (Å²) in [4.78, 5) is 22.7. The Balaban J connectivity index is 1.76. The summed E-state index contributed by atoms with van der Waals surface area (Å²) in [6.07, 6.45) is 3.92. The molecule has 1 aliphatic rings. The number of hydrogen-bond acceptors (Lipinski definition) is 5. The molecule has 0 radical (unpaired) electrons. The van der Waals surface area contributed by atoms with E-state index >= 15 is 0 Å². The number of likely N-dealkylation sites (tertiary alicyclic amines) is 1. The molecule has 1 aliphatic heterocycles. The van der Waals surface area contributed by atoms with Crippen molar-refractivity contribution in [3.8, 4) is 0 Å². The fourth-order valence-corrected chi connectivity index (χ4v) is 4.36. The van der Waals surface area contributed by atoms with E-state index < -0.39 is 0 Å². The first-order valence-electron chi connectivity index (χ1n) is 8.76. The van der Waals surface area contributed by atoms with Crippen LogP contribution in [-0.4, -0.2) is 54.4 Å². The minimum Gasteiger partial charge on any atom is -0.367 e. The summed E-state index contributed by atoms with van der Waals surface area (Å²) in [7, 11) is 4.17. The van der Waals surface area contributed by atoms with Crippen LogP contribution in [0.5, 0.6) is 0 Å². The Hall–Kier alpha value is -1.92. The molecule has 134 valence electrons. The lowest BCUT2D eigenvalue weighted by atomic mass is 10.1. The largest absolute Gasteiger partial charge is 0.367 e. The van der Waals surface area contributed by atoms with Crippen LogP contribution >= 0.6 is 11.3 Å². The third-order valence-electron chi connectivity index (χ3n) is 4.72. The van der Waals surface area contributed by atoms with E-state index in [1.807, 2.05) is 17.0 Å². The van der Waals surface area contributed by atoms with Crippen LogP contribution in [0.15, 0.2) is 29.8 Å².